The van der Waals surface area contributed by atoms with E-state index in [1.807, 2.05) is 37.3 Å². The number of ether oxygens (including phenoxy) is 2. The molecule has 2 aromatic rings. The highest BCUT2D eigenvalue weighted by Crippen LogP contribution is 2.39. The van der Waals surface area contributed by atoms with Gasteiger partial charge in [0.1, 0.15) is 11.5 Å². The van der Waals surface area contributed by atoms with E-state index in [0.29, 0.717) is 6.42 Å². The minimum absolute atomic E-state index is 0.100. The Bertz CT molecular complexity index is 812. The molecule has 3 rings (SSSR count). The zero-order valence-corrected chi connectivity index (χ0v) is 14.9. The molecule has 2 aromatic carbocycles. The van der Waals surface area contributed by atoms with Crippen LogP contribution in [0.4, 0.5) is 0 Å². The van der Waals surface area contributed by atoms with Crippen LogP contribution in [0.1, 0.15) is 36.1 Å². The highest BCUT2D eigenvalue weighted by Gasteiger charge is 2.33. The highest BCUT2D eigenvalue weighted by molar-refractivity contribution is 6.03. The number of hydrogen-bond acceptors (Lipinski definition) is 4. The molecule has 1 amide bonds. The lowest BCUT2D eigenvalue weighted by molar-refractivity contribution is -0.130. The van der Waals surface area contributed by atoms with Gasteiger partial charge in [0.2, 0.25) is 5.91 Å². The van der Waals surface area contributed by atoms with E-state index >= 15 is 0 Å². The zero-order valence-electron chi connectivity index (χ0n) is 14.9. The zero-order chi connectivity index (χ0) is 18.0. The number of nitrogens with zero attached hydrogens (tertiary/aromatic N) is 2. The lowest BCUT2D eigenvalue weighted by Gasteiger charge is -2.22. The SMILES string of the molecule is COc1ccc(OC)c(C2CC(c3ccc(C)cc3)=NN2C(C)=O)c1. The Balaban J connectivity index is 2.00. The molecule has 1 aliphatic rings. The van der Waals surface area contributed by atoms with Crippen LogP contribution in [-0.4, -0.2) is 30.8 Å². The Hall–Kier alpha value is -2.82. The minimum Gasteiger partial charge on any atom is -0.497 e. The first kappa shape index (κ1) is 17.0. The number of carbonyl (C=O) groups is 1. The van der Waals surface area contributed by atoms with Crippen molar-refractivity contribution in [1.82, 2.24) is 5.01 Å². The Labute approximate surface area is 147 Å². The summed E-state index contributed by atoms with van der Waals surface area (Å²) in [6.07, 6.45) is 0.631. The summed E-state index contributed by atoms with van der Waals surface area (Å²) in [5.41, 5.74) is 4.01. The first-order valence-electron chi connectivity index (χ1n) is 8.19. The van der Waals surface area contributed by atoms with Crippen molar-refractivity contribution in [3.8, 4) is 11.5 Å². The fraction of sp³-hybridized carbons (Fsp3) is 0.300. The van der Waals surface area contributed by atoms with Crippen LogP contribution in [0.5, 0.6) is 11.5 Å². The summed E-state index contributed by atoms with van der Waals surface area (Å²) >= 11 is 0. The molecule has 0 saturated heterocycles. The summed E-state index contributed by atoms with van der Waals surface area (Å²) in [5.74, 6) is 1.34. The lowest BCUT2D eigenvalue weighted by atomic mass is 9.97. The summed E-state index contributed by atoms with van der Waals surface area (Å²) in [7, 11) is 3.25. The van der Waals surface area contributed by atoms with Gasteiger partial charge >= 0.3 is 0 Å². The van der Waals surface area contributed by atoms with Crippen molar-refractivity contribution in [2.75, 3.05) is 14.2 Å². The Morgan fingerprint density at radius 1 is 1.12 bits per heavy atom. The average molecular weight is 338 g/mol. The molecule has 0 bridgehead atoms. The van der Waals surface area contributed by atoms with Gasteiger partial charge in [-0.3, -0.25) is 4.79 Å². The molecule has 25 heavy (non-hydrogen) atoms. The molecule has 1 aliphatic heterocycles. The maximum Gasteiger partial charge on any atom is 0.240 e. The Morgan fingerprint density at radius 3 is 2.44 bits per heavy atom. The molecule has 1 atom stereocenters. The molecule has 0 spiro atoms. The van der Waals surface area contributed by atoms with E-state index in [2.05, 4.69) is 17.2 Å². The van der Waals surface area contributed by atoms with Gasteiger partial charge < -0.3 is 9.47 Å². The smallest absolute Gasteiger partial charge is 0.240 e. The molecule has 0 aromatic heterocycles. The third kappa shape index (κ3) is 3.36. The largest absolute Gasteiger partial charge is 0.497 e. The van der Waals surface area contributed by atoms with Crippen LogP contribution < -0.4 is 9.47 Å². The van der Waals surface area contributed by atoms with Crippen molar-refractivity contribution >= 4 is 11.6 Å². The van der Waals surface area contributed by atoms with Crippen molar-refractivity contribution in [1.29, 1.82) is 0 Å². The van der Waals surface area contributed by atoms with Crippen LogP contribution in [0, 0.1) is 6.92 Å². The van der Waals surface area contributed by atoms with Gasteiger partial charge in [0, 0.05) is 18.9 Å². The van der Waals surface area contributed by atoms with E-state index in [0.717, 1.165) is 28.3 Å². The molecule has 0 aliphatic carbocycles. The van der Waals surface area contributed by atoms with Gasteiger partial charge in [0.05, 0.1) is 26.0 Å². The fourth-order valence-corrected chi connectivity index (χ4v) is 3.06. The third-order valence-electron chi connectivity index (χ3n) is 4.41. The predicted octanol–water partition coefficient (Wildman–Crippen LogP) is 3.71. The molecule has 5 nitrogen and oxygen atoms in total. The van der Waals surface area contributed by atoms with Gasteiger partial charge in [-0.15, -0.1) is 0 Å². The van der Waals surface area contributed by atoms with Gasteiger partial charge in [0.25, 0.3) is 0 Å². The van der Waals surface area contributed by atoms with Gasteiger partial charge in [-0.1, -0.05) is 29.8 Å². The van der Waals surface area contributed by atoms with Crippen molar-refractivity contribution in [2.24, 2.45) is 5.10 Å². The second-order valence-electron chi connectivity index (χ2n) is 6.10. The summed E-state index contributed by atoms with van der Waals surface area (Å²) in [6, 6.07) is 13.6. The number of hydrazone groups is 1. The summed E-state index contributed by atoms with van der Waals surface area (Å²) in [4.78, 5) is 12.2. The number of hydrogen-bond donors (Lipinski definition) is 0. The van der Waals surface area contributed by atoms with E-state index < -0.39 is 0 Å². The van der Waals surface area contributed by atoms with Crippen molar-refractivity contribution in [3.63, 3.8) is 0 Å². The number of carbonyl (C=O) groups excluding carboxylic acids is 1. The summed E-state index contributed by atoms with van der Waals surface area (Å²) < 4.78 is 10.8. The maximum absolute atomic E-state index is 12.2. The van der Waals surface area contributed by atoms with E-state index in [4.69, 9.17) is 9.47 Å². The summed E-state index contributed by atoms with van der Waals surface area (Å²) in [6.45, 7) is 3.58. The molecule has 0 saturated carbocycles. The van der Waals surface area contributed by atoms with Gasteiger partial charge in [-0.2, -0.15) is 5.10 Å². The topological polar surface area (TPSA) is 51.1 Å². The molecule has 0 fully saturated rings. The molecular weight excluding hydrogens is 316 g/mol. The maximum atomic E-state index is 12.2. The Morgan fingerprint density at radius 2 is 1.84 bits per heavy atom. The quantitative estimate of drug-likeness (QED) is 0.854. The van der Waals surface area contributed by atoms with E-state index in [-0.39, 0.29) is 11.9 Å². The second-order valence-corrected chi connectivity index (χ2v) is 6.10. The molecule has 0 radical (unpaired) electrons. The number of amides is 1. The van der Waals surface area contributed by atoms with Crippen molar-refractivity contribution in [2.45, 2.75) is 26.3 Å². The number of aryl methyl sites for hydroxylation is 1. The molecule has 1 unspecified atom stereocenters. The van der Waals surface area contributed by atoms with Crippen LogP contribution in [0.2, 0.25) is 0 Å². The lowest BCUT2D eigenvalue weighted by Crippen LogP contribution is -2.24. The normalized spacial score (nSPS) is 16.6. The van der Waals surface area contributed by atoms with Crippen molar-refractivity contribution < 1.29 is 14.3 Å². The van der Waals surface area contributed by atoms with E-state index in [1.165, 1.54) is 17.5 Å². The number of methoxy groups -OCH3 is 2. The number of rotatable bonds is 4. The minimum atomic E-state index is -0.209. The first-order chi connectivity index (χ1) is 12.0. The van der Waals surface area contributed by atoms with Crippen LogP contribution in [0.3, 0.4) is 0 Å². The summed E-state index contributed by atoms with van der Waals surface area (Å²) in [5, 5.41) is 6.11. The van der Waals surface area contributed by atoms with Crippen LogP contribution in [-0.2, 0) is 4.79 Å². The van der Waals surface area contributed by atoms with Crippen LogP contribution >= 0.6 is 0 Å². The van der Waals surface area contributed by atoms with Crippen LogP contribution in [0.25, 0.3) is 0 Å². The average Bonchev–Trinajstić information content (AvgIpc) is 3.07. The number of benzene rings is 2. The molecule has 1 heterocycles. The standard InChI is InChI=1S/C20H22N2O3/c1-13-5-7-15(8-6-13)18-12-19(22(21-18)14(2)23)17-11-16(24-3)9-10-20(17)25-4/h5-11,19H,12H2,1-4H3. The molecular formula is C20H22N2O3. The van der Waals surface area contributed by atoms with Gasteiger partial charge in [-0.05, 0) is 30.7 Å². The highest BCUT2D eigenvalue weighted by atomic mass is 16.5. The monoisotopic (exact) mass is 338 g/mol. The van der Waals surface area contributed by atoms with Crippen molar-refractivity contribution in [3.05, 3.63) is 59.2 Å². The Kier molecular flexibility index (Phi) is 4.74. The molecule has 130 valence electrons. The first-order valence-corrected chi connectivity index (χ1v) is 8.19. The fourth-order valence-electron chi connectivity index (χ4n) is 3.06. The molecule has 5 heteroatoms. The van der Waals surface area contributed by atoms with Gasteiger partial charge in [-0.25, -0.2) is 5.01 Å². The van der Waals surface area contributed by atoms with Gasteiger partial charge in [0.15, 0.2) is 0 Å². The van der Waals surface area contributed by atoms with E-state index in [9.17, 15) is 4.79 Å². The van der Waals surface area contributed by atoms with E-state index in [1.54, 1.807) is 14.2 Å². The second kappa shape index (κ2) is 6.97. The van der Waals surface area contributed by atoms with Crippen LogP contribution in [0.15, 0.2) is 47.6 Å². The molecule has 0 N–H and O–H groups in total. The predicted molar refractivity (Wildman–Crippen MR) is 97.1 cm³/mol. The third-order valence-corrected chi connectivity index (χ3v) is 4.41.